The van der Waals surface area contributed by atoms with Crippen molar-refractivity contribution in [2.24, 2.45) is 5.92 Å². The van der Waals surface area contributed by atoms with Crippen LogP contribution in [0.3, 0.4) is 0 Å². The summed E-state index contributed by atoms with van der Waals surface area (Å²) in [5.41, 5.74) is 2.10. The summed E-state index contributed by atoms with van der Waals surface area (Å²) in [5.74, 6) is -1.90. The fourth-order valence-electron chi connectivity index (χ4n) is 2.95. The Hall–Kier alpha value is -2.57. The van der Waals surface area contributed by atoms with Crippen LogP contribution in [0.1, 0.15) is 12.0 Å². The molecule has 1 atom stereocenters. The van der Waals surface area contributed by atoms with Crippen molar-refractivity contribution in [1.82, 2.24) is 0 Å². The Balaban J connectivity index is 1.54. The Morgan fingerprint density at radius 1 is 1.21 bits per heavy atom. The molecule has 2 aromatic rings. The van der Waals surface area contributed by atoms with Gasteiger partial charge in [-0.05, 0) is 36.8 Å². The largest absolute Gasteiger partial charge is 0.455 e. The van der Waals surface area contributed by atoms with Gasteiger partial charge in [0.2, 0.25) is 5.91 Å². The molecule has 1 heterocycles. The lowest BCUT2D eigenvalue weighted by Gasteiger charge is -2.17. The molecule has 3 rings (SSSR count). The molecule has 8 heteroatoms. The van der Waals surface area contributed by atoms with Gasteiger partial charge in [0.15, 0.2) is 6.61 Å². The van der Waals surface area contributed by atoms with Crippen molar-refractivity contribution in [3.05, 3.63) is 58.1 Å². The molecule has 1 fully saturated rings. The maximum Gasteiger partial charge on any atom is 0.311 e. The number of nitrogens with zero attached hydrogens (tertiary/aromatic N) is 1. The lowest BCUT2D eigenvalue weighted by molar-refractivity contribution is -0.151. The maximum absolute atomic E-state index is 12.3. The number of hydrogen-bond acceptors (Lipinski definition) is 4. The van der Waals surface area contributed by atoms with Gasteiger partial charge in [0.1, 0.15) is 0 Å². The first kappa shape index (κ1) is 20.2. The molecule has 1 aliphatic rings. The number of ether oxygens (including phenoxy) is 1. The zero-order chi connectivity index (χ0) is 20.3. The first-order valence-corrected chi connectivity index (χ1v) is 9.38. The van der Waals surface area contributed by atoms with E-state index < -0.39 is 24.4 Å². The third kappa shape index (κ3) is 4.64. The number of hydrogen-bond donors (Lipinski definition) is 1. The number of carbonyl (C=O) groups excluding carboxylic acids is 3. The van der Waals surface area contributed by atoms with Gasteiger partial charge < -0.3 is 15.0 Å². The third-order valence-electron chi connectivity index (χ3n) is 4.34. The van der Waals surface area contributed by atoms with E-state index in [9.17, 15) is 14.4 Å². The van der Waals surface area contributed by atoms with Crippen LogP contribution >= 0.6 is 23.2 Å². The number of rotatable bonds is 5. The molecular formula is C20H18Cl2N2O4. The Morgan fingerprint density at radius 2 is 1.96 bits per heavy atom. The monoisotopic (exact) mass is 420 g/mol. The second-order valence-corrected chi connectivity index (χ2v) is 7.29. The quantitative estimate of drug-likeness (QED) is 0.745. The zero-order valence-electron chi connectivity index (χ0n) is 15.1. The van der Waals surface area contributed by atoms with E-state index in [1.807, 2.05) is 31.2 Å². The van der Waals surface area contributed by atoms with Crippen molar-refractivity contribution in [2.75, 3.05) is 23.4 Å². The number of anilines is 2. The number of amides is 2. The number of nitrogens with one attached hydrogen (secondary N) is 1. The molecule has 0 bridgehead atoms. The van der Waals surface area contributed by atoms with Gasteiger partial charge in [-0.3, -0.25) is 14.4 Å². The Morgan fingerprint density at radius 3 is 2.71 bits per heavy atom. The first-order chi connectivity index (χ1) is 13.3. The second kappa shape index (κ2) is 8.63. The molecule has 6 nitrogen and oxygen atoms in total. The van der Waals surface area contributed by atoms with Crippen molar-refractivity contribution in [1.29, 1.82) is 0 Å². The summed E-state index contributed by atoms with van der Waals surface area (Å²) >= 11 is 11.9. The van der Waals surface area contributed by atoms with E-state index in [1.165, 1.54) is 0 Å². The van der Waals surface area contributed by atoms with Gasteiger partial charge in [0.05, 0.1) is 21.7 Å². The smallest absolute Gasteiger partial charge is 0.311 e. The minimum absolute atomic E-state index is 0.0501. The predicted molar refractivity (Wildman–Crippen MR) is 108 cm³/mol. The molecule has 0 spiro atoms. The van der Waals surface area contributed by atoms with Crippen molar-refractivity contribution in [2.45, 2.75) is 13.3 Å². The molecular weight excluding hydrogens is 403 g/mol. The normalized spacial score (nSPS) is 16.2. The summed E-state index contributed by atoms with van der Waals surface area (Å²) in [6.45, 7) is 1.68. The minimum Gasteiger partial charge on any atom is -0.455 e. The van der Waals surface area contributed by atoms with Crippen molar-refractivity contribution >= 4 is 52.4 Å². The van der Waals surface area contributed by atoms with Crippen molar-refractivity contribution < 1.29 is 19.1 Å². The summed E-state index contributed by atoms with van der Waals surface area (Å²) in [4.78, 5) is 38.1. The van der Waals surface area contributed by atoms with E-state index >= 15 is 0 Å². The molecule has 0 aliphatic carbocycles. The van der Waals surface area contributed by atoms with Gasteiger partial charge in [-0.1, -0.05) is 41.4 Å². The van der Waals surface area contributed by atoms with Crippen LogP contribution in [0.4, 0.5) is 11.4 Å². The van der Waals surface area contributed by atoms with Crippen LogP contribution < -0.4 is 10.2 Å². The summed E-state index contributed by atoms with van der Waals surface area (Å²) < 4.78 is 5.08. The molecule has 1 saturated heterocycles. The summed E-state index contributed by atoms with van der Waals surface area (Å²) in [5, 5.41) is 3.05. The molecule has 2 amide bonds. The van der Waals surface area contributed by atoms with Gasteiger partial charge in [0.25, 0.3) is 5.91 Å². The molecule has 0 unspecified atom stereocenters. The fraction of sp³-hybridized carbons (Fsp3) is 0.250. The topological polar surface area (TPSA) is 75.7 Å². The summed E-state index contributed by atoms with van der Waals surface area (Å²) in [6, 6.07) is 12.3. The van der Waals surface area contributed by atoms with Gasteiger partial charge >= 0.3 is 5.97 Å². The van der Waals surface area contributed by atoms with Crippen LogP contribution in [-0.2, 0) is 19.1 Å². The molecule has 0 aromatic heterocycles. The van der Waals surface area contributed by atoms with Crippen LogP contribution in [0, 0.1) is 12.8 Å². The highest BCUT2D eigenvalue weighted by Gasteiger charge is 2.36. The zero-order valence-corrected chi connectivity index (χ0v) is 16.6. The Kier molecular flexibility index (Phi) is 6.21. The highest BCUT2D eigenvalue weighted by Crippen LogP contribution is 2.29. The van der Waals surface area contributed by atoms with E-state index in [4.69, 9.17) is 27.9 Å². The summed E-state index contributed by atoms with van der Waals surface area (Å²) in [6.07, 6.45) is 0.0501. The van der Waals surface area contributed by atoms with Gasteiger partial charge in [-0.15, -0.1) is 0 Å². The number of esters is 1. The lowest BCUT2D eigenvalue weighted by atomic mass is 10.1. The number of benzene rings is 2. The Bertz CT molecular complexity index is 932. The SMILES string of the molecule is Cc1cccc(N2C[C@H](C(=O)OCC(=O)Nc3cccc(Cl)c3Cl)CC2=O)c1. The van der Waals surface area contributed by atoms with Gasteiger partial charge in [-0.25, -0.2) is 0 Å². The van der Waals surface area contributed by atoms with E-state index in [-0.39, 0.29) is 23.9 Å². The van der Waals surface area contributed by atoms with E-state index in [1.54, 1.807) is 23.1 Å². The third-order valence-corrected chi connectivity index (χ3v) is 5.16. The van der Waals surface area contributed by atoms with Crippen LogP contribution in [0.5, 0.6) is 0 Å². The number of halogens is 2. The van der Waals surface area contributed by atoms with Crippen LogP contribution in [-0.4, -0.2) is 30.9 Å². The van der Waals surface area contributed by atoms with Gasteiger partial charge in [-0.2, -0.15) is 0 Å². The highest BCUT2D eigenvalue weighted by molar-refractivity contribution is 6.44. The van der Waals surface area contributed by atoms with E-state index in [0.717, 1.165) is 11.3 Å². The van der Waals surface area contributed by atoms with Crippen LogP contribution in [0.2, 0.25) is 10.0 Å². The highest BCUT2D eigenvalue weighted by atomic mass is 35.5. The minimum atomic E-state index is -0.615. The van der Waals surface area contributed by atoms with Crippen LogP contribution in [0.25, 0.3) is 0 Å². The molecule has 146 valence electrons. The maximum atomic E-state index is 12.3. The second-order valence-electron chi connectivity index (χ2n) is 6.50. The molecule has 0 saturated carbocycles. The number of aryl methyl sites for hydroxylation is 1. The van der Waals surface area contributed by atoms with Crippen LogP contribution in [0.15, 0.2) is 42.5 Å². The van der Waals surface area contributed by atoms with Crippen molar-refractivity contribution in [3.63, 3.8) is 0 Å². The number of carbonyl (C=O) groups is 3. The lowest BCUT2D eigenvalue weighted by Crippen LogP contribution is -2.28. The Labute approximate surface area is 172 Å². The molecule has 1 N–H and O–H groups in total. The molecule has 28 heavy (non-hydrogen) atoms. The molecule has 2 aromatic carbocycles. The summed E-state index contributed by atoms with van der Waals surface area (Å²) in [7, 11) is 0. The predicted octanol–water partition coefficient (Wildman–Crippen LogP) is 3.84. The average molecular weight is 421 g/mol. The average Bonchev–Trinajstić information content (AvgIpc) is 3.05. The van der Waals surface area contributed by atoms with Crippen molar-refractivity contribution in [3.8, 4) is 0 Å². The van der Waals surface area contributed by atoms with E-state index in [0.29, 0.717) is 10.7 Å². The molecule has 1 aliphatic heterocycles. The fourth-order valence-corrected chi connectivity index (χ4v) is 3.30. The molecule has 0 radical (unpaired) electrons. The van der Waals surface area contributed by atoms with E-state index in [2.05, 4.69) is 5.32 Å². The first-order valence-electron chi connectivity index (χ1n) is 8.62. The standard InChI is InChI=1S/C20H18Cl2N2O4/c1-12-4-2-5-14(8-12)24-10-13(9-18(24)26)20(27)28-11-17(25)23-16-7-3-6-15(21)19(16)22/h2-8,13H,9-11H2,1H3,(H,23,25)/t13-/m1/s1. The van der Waals surface area contributed by atoms with Gasteiger partial charge in [0, 0.05) is 18.7 Å².